The third-order valence-corrected chi connectivity index (χ3v) is 12.7. The number of fused-ring (bicyclic) bond motifs is 9. The topological polar surface area (TPSA) is 16.4 Å². The first-order chi connectivity index (χ1) is 25.8. The van der Waals surface area contributed by atoms with Gasteiger partial charge in [-0.1, -0.05) is 121 Å². The van der Waals surface area contributed by atoms with Crippen molar-refractivity contribution in [1.82, 2.24) is 0 Å². The number of thiophene rings is 2. The van der Waals surface area contributed by atoms with Crippen LogP contribution in [0, 0.1) is 0 Å². The smallest absolute Gasteiger partial charge is 0.143 e. The number of anilines is 3. The van der Waals surface area contributed by atoms with E-state index in [9.17, 15) is 0 Å². The Balaban J connectivity index is 1.03. The van der Waals surface area contributed by atoms with E-state index in [0.29, 0.717) is 0 Å². The van der Waals surface area contributed by atoms with Crippen LogP contribution in [0.5, 0.6) is 0 Å². The molecule has 0 aliphatic carbocycles. The molecule has 0 saturated heterocycles. The van der Waals surface area contributed by atoms with Gasteiger partial charge < -0.3 is 9.32 Å². The normalized spacial score (nSPS) is 11.8. The van der Waals surface area contributed by atoms with Gasteiger partial charge in [0.05, 0.1) is 0 Å². The number of para-hydroxylation sites is 2. The first-order valence-corrected chi connectivity index (χ1v) is 19.1. The van der Waals surface area contributed by atoms with Crippen LogP contribution in [0.1, 0.15) is 0 Å². The van der Waals surface area contributed by atoms with Gasteiger partial charge in [0.1, 0.15) is 11.2 Å². The van der Waals surface area contributed by atoms with E-state index < -0.39 is 0 Å². The largest absolute Gasteiger partial charge is 0.455 e. The van der Waals surface area contributed by atoms with Gasteiger partial charge in [0.2, 0.25) is 0 Å². The van der Waals surface area contributed by atoms with E-state index in [2.05, 4.69) is 169 Å². The Kier molecular flexibility index (Phi) is 6.63. The molecule has 0 aliphatic heterocycles. The summed E-state index contributed by atoms with van der Waals surface area (Å²) in [6.45, 7) is 0. The van der Waals surface area contributed by atoms with Crippen LogP contribution >= 0.6 is 22.7 Å². The highest BCUT2D eigenvalue weighted by Crippen LogP contribution is 2.44. The molecule has 11 rings (SSSR count). The van der Waals surface area contributed by atoms with Crippen LogP contribution in [0.25, 0.3) is 84.5 Å². The number of nitrogens with zero attached hydrogens (tertiary/aromatic N) is 1. The van der Waals surface area contributed by atoms with Crippen molar-refractivity contribution in [2.75, 3.05) is 4.90 Å². The van der Waals surface area contributed by atoms with Gasteiger partial charge >= 0.3 is 0 Å². The molecule has 0 unspecified atom stereocenters. The molecule has 52 heavy (non-hydrogen) atoms. The lowest BCUT2D eigenvalue weighted by Crippen LogP contribution is -2.09. The van der Waals surface area contributed by atoms with Crippen LogP contribution in [0.15, 0.2) is 180 Å². The highest BCUT2D eigenvalue weighted by molar-refractivity contribution is 7.26. The van der Waals surface area contributed by atoms with E-state index >= 15 is 0 Å². The summed E-state index contributed by atoms with van der Waals surface area (Å²) in [5.74, 6) is 0. The standard InChI is InChI=1S/C48H29NOS2/c1-4-16-43-37(9-1)41-14-7-12-35(47(41)50-43)30-19-23-32(24-20-30)49(34-27-28-40-38-10-2-5-17-44(38)51-46(40)29-34)33-25-21-31(22-26-33)36-13-8-15-42-39-11-3-6-18-45(39)52-48(36)42/h1-29H. The molecule has 0 spiro atoms. The van der Waals surface area contributed by atoms with Gasteiger partial charge in [0.15, 0.2) is 0 Å². The summed E-state index contributed by atoms with van der Waals surface area (Å²) in [4.78, 5) is 2.37. The van der Waals surface area contributed by atoms with Crippen LogP contribution < -0.4 is 4.90 Å². The van der Waals surface area contributed by atoms with Crippen LogP contribution in [0.3, 0.4) is 0 Å². The Bertz CT molecular complexity index is 2970. The molecule has 0 amide bonds. The SMILES string of the molecule is c1ccc2c(c1)oc1c(-c3ccc(N(c4ccc(-c5cccc6c5sc5ccccc56)cc4)c4ccc5c(c4)sc4ccccc45)cc3)cccc12. The van der Waals surface area contributed by atoms with Crippen molar-refractivity contribution in [2.24, 2.45) is 0 Å². The summed E-state index contributed by atoms with van der Waals surface area (Å²) in [6.07, 6.45) is 0. The molecule has 0 atom stereocenters. The molecule has 8 aromatic carbocycles. The molecule has 4 heteroatoms. The summed E-state index contributed by atoms with van der Waals surface area (Å²) >= 11 is 3.73. The molecule has 0 saturated carbocycles. The monoisotopic (exact) mass is 699 g/mol. The summed E-state index contributed by atoms with van der Waals surface area (Å²) in [6, 6.07) is 63.7. The number of rotatable bonds is 5. The summed E-state index contributed by atoms with van der Waals surface area (Å²) < 4.78 is 11.7. The zero-order valence-corrected chi connectivity index (χ0v) is 29.5. The fourth-order valence-electron chi connectivity index (χ4n) is 7.83. The second-order valence-corrected chi connectivity index (χ2v) is 15.4. The van der Waals surface area contributed by atoms with Crippen molar-refractivity contribution in [3.63, 3.8) is 0 Å². The molecule has 11 aromatic rings. The zero-order chi connectivity index (χ0) is 34.2. The fourth-order valence-corrected chi connectivity index (χ4v) is 10.2. The Hall–Kier alpha value is -6.20. The molecule has 0 N–H and O–H groups in total. The van der Waals surface area contributed by atoms with Gasteiger partial charge in [-0.15, -0.1) is 22.7 Å². The maximum Gasteiger partial charge on any atom is 0.143 e. The molecule has 244 valence electrons. The number of benzene rings is 8. The summed E-state index contributed by atoms with van der Waals surface area (Å²) in [7, 11) is 0. The maximum atomic E-state index is 6.40. The van der Waals surface area contributed by atoms with Crippen molar-refractivity contribution in [3.05, 3.63) is 176 Å². The minimum atomic E-state index is 0.913. The summed E-state index contributed by atoms with van der Waals surface area (Å²) in [5, 5.41) is 7.53. The predicted octanol–water partition coefficient (Wildman–Crippen LogP) is 15.1. The average Bonchev–Trinajstić information content (AvgIpc) is 3.90. The molecule has 0 aliphatic rings. The molecule has 3 heterocycles. The minimum absolute atomic E-state index is 0.913. The molecular formula is C48H29NOS2. The van der Waals surface area contributed by atoms with Crippen LogP contribution in [-0.4, -0.2) is 0 Å². The highest BCUT2D eigenvalue weighted by atomic mass is 32.1. The lowest BCUT2D eigenvalue weighted by molar-refractivity contribution is 0.670. The number of hydrogen-bond acceptors (Lipinski definition) is 4. The molecular weight excluding hydrogens is 671 g/mol. The van der Waals surface area contributed by atoms with E-state index in [1.807, 2.05) is 34.8 Å². The zero-order valence-electron chi connectivity index (χ0n) is 27.9. The first kappa shape index (κ1) is 29.5. The number of hydrogen-bond donors (Lipinski definition) is 0. The van der Waals surface area contributed by atoms with E-state index in [0.717, 1.165) is 50.1 Å². The quantitative estimate of drug-likeness (QED) is 0.178. The van der Waals surface area contributed by atoms with E-state index in [4.69, 9.17) is 4.42 Å². The molecule has 2 nitrogen and oxygen atoms in total. The van der Waals surface area contributed by atoms with Crippen LogP contribution in [0.4, 0.5) is 17.1 Å². The average molecular weight is 700 g/mol. The fraction of sp³-hybridized carbons (Fsp3) is 0. The molecule has 0 radical (unpaired) electrons. The van der Waals surface area contributed by atoms with Crippen LogP contribution in [-0.2, 0) is 0 Å². The second kappa shape index (κ2) is 11.7. The Labute approximate surface area is 308 Å². The highest BCUT2D eigenvalue weighted by Gasteiger charge is 2.18. The Morgan fingerprint density at radius 2 is 0.904 bits per heavy atom. The molecule has 0 fully saturated rings. The van der Waals surface area contributed by atoms with Gasteiger partial charge in [-0.25, -0.2) is 0 Å². The van der Waals surface area contributed by atoms with Crippen molar-refractivity contribution in [2.45, 2.75) is 0 Å². The van der Waals surface area contributed by atoms with Gasteiger partial charge in [0, 0.05) is 73.7 Å². The van der Waals surface area contributed by atoms with Crippen LogP contribution in [0.2, 0.25) is 0 Å². The Morgan fingerprint density at radius 3 is 1.65 bits per heavy atom. The third-order valence-electron chi connectivity index (χ3n) is 10.3. The second-order valence-electron chi connectivity index (χ2n) is 13.3. The summed E-state index contributed by atoms with van der Waals surface area (Å²) in [5.41, 5.74) is 9.89. The minimum Gasteiger partial charge on any atom is -0.455 e. The van der Waals surface area contributed by atoms with Crippen molar-refractivity contribution in [3.8, 4) is 22.3 Å². The lowest BCUT2D eigenvalue weighted by atomic mass is 10.0. The predicted molar refractivity (Wildman–Crippen MR) is 225 cm³/mol. The van der Waals surface area contributed by atoms with Crippen molar-refractivity contribution < 1.29 is 4.42 Å². The van der Waals surface area contributed by atoms with Gasteiger partial charge in [-0.2, -0.15) is 0 Å². The lowest BCUT2D eigenvalue weighted by Gasteiger charge is -2.26. The van der Waals surface area contributed by atoms with Gasteiger partial charge in [-0.05, 0) is 71.3 Å². The Morgan fingerprint density at radius 1 is 0.365 bits per heavy atom. The third kappa shape index (κ3) is 4.62. The van der Waals surface area contributed by atoms with Crippen molar-refractivity contribution >= 4 is 102 Å². The first-order valence-electron chi connectivity index (χ1n) is 17.5. The molecule has 0 bridgehead atoms. The maximum absolute atomic E-state index is 6.40. The van der Waals surface area contributed by atoms with E-state index in [-0.39, 0.29) is 0 Å². The van der Waals surface area contributed by atoms with Gasteiger partial charge in [0.25, 0.3) is 0 Å². The van der Waals surface area contributed by atoms with Gasteiger partial charge in [-0.3, -0.25) is 0 Å². The molecule has 3 aromatic heterocycles. The van der Waals surface area contributed by atoms with E-state index in [1.54, 1.807) is 0 Å². The number of furan rings is 1. The van der Waals surface area contributed by atoms with E-state index in [1.165, 1.54) is 51.5 Å². The van der Waals surface area contributed by atoms with Crippen molar-refractivity contribution in [1.29, 1.82) is 0 Å².